The van der Waals surface area contributed by atoms with Gasteiger partial charge >= 0.3 is 6.09 Å². The monoisotopic (exact) mass is 342 g/mol. The molecule has 134 valence electrons. The second-order valence-electron chi connectivity index (χ2n) is 8.25. The molecule has 23 heavy (non-hydrogen) atoms. The van der Waals surface area contributed by atoms with E-state index in [1.54, 1.807) is 0 Å². The van der Waals surface area contributed by atoms with E-state index in [4.69, 9.17) is 9.16 Å². The minimum atomic E-state index is -1.50. The number of hydrogen-bond donors (Lipinski definition) is 1. The summed E-state index contributed by atoms with van der Waals surface area (Å²) in [7, 11) is -1.50. The Labute approximate surface area is 143 Å². The highest BCUT2D eigenvalue weighted by Crippen LogP contribution is 2.38. The first-order chi connectivity index (χ1) is 10.3. The van der Waals surface area contributed by atoms with E-state index in [1.165, 1.54) is 0 Å². The summed E-state index contributed by atoms with van der Waals surface area (Å²) in [6.07, 6.45) is 0.989. The van der Waals surface area contributed by atoms with Crippen LogP contribution in [0.25, 0.3) is 0 Å². The number of rotatable bonds is 6. The van der Waals surface area contributed by atoms with Gasteiger partial charge in [0.05, 0.1) is 12.1 Å². The van der Waals surface area contributed by atoms with Crippen LogP contribution >= 0.6 is 0 Å². The van der Waals surface area contributed by atoms with Crippen molar-refractivity contribution in [3.05, 3.63) is 0 Å². The summed E-state index contributed by atoms with van der Waals surface area (Å²) in [4.78, 5) is 12.2. The SMILES string of the molecule is CCC[C@H](NC(=O)OC(C)(C)C)C(C#N)(O[SiH](C)C)C(C)(C)C. The third-order valence-electron chi connectivity index (χ3n) is 3.46. The molecule has 0 spiro atoms. The molecule has 0 saturated carbocycles. The second kappa shape index (κ2) is 8.16. The van der Waals surface area contributed by atoms with Gasteiger partial charge in [-0.3, -0.25) is 0 Å². The summed E-state index contributed by atoms with van der Waals surface area (Å²) >= 11 is 0. The molecule has 1 amide bonds. The second-order valence-corrected chi connectivity index (χ2v) is 10.6. The fourth-order valence-electron chi connectivity index (χ4n) is 2.54. The van der Waals surface area contributed by atoms with Crippen molar-refractivity contribution in [2.75, 3.05) is 0 Å². The Kier molecular flexibility index (Phi) is 7.78. The smallest absolute Gasteiger partial charge is 0.408 e. The average Bonchev–Trinajstić information content (AvgIpc) is 2.31. The predicted octanol–water partition coefficient (Wildman–Crippen LogP) is 3.99. The fraction of sp³-hybridized carbons (Fsp3) is 0.882. The Morgan fingerprint density at radius 2 is 1.74 bits per heavy atom. The van der Waals surface area contributed by atoms with Crippen LogP contribution in [0.15, 0.2) is 0 Å². The van der Waals surface area contributed by atoms with Crippen LogP contribution in [-0.2, 0) is 9.16 Å². The lowest BCUT2D eigenvalue weighted by molar-refractivity contribution is -0.0242. The number of carbonyl (C=O) groups is 1. The zero-order valence-corrected chi connectivity index (χ0v) is 17.4. The molecule has 0 bridgehead atoms. The largest absolute Gasteiger partial charge is 0.444 e. The summed E-state index contributed by atoms with van der Waals surface area (Å²) in [6.45, 7) is 17.5. The molecule has 0 aromatic heterocycles. The molecule has 0 fully saturated rings. The number of carbonyl (C=O) groups excluding carboxylic acids is 1. The molecule has 0 aliphatic heterocycles. The maximum absolute atomic E-state index is 12.2. The highest BCUT2D eigenvalue weighted by molar-refractivity contribution is 6.48. The molecule has 1 unspecified atom stereocenters. The van der Waals surface area contributed by atoms with E-state index in [2.05, 4.69) is 11.4 Å². The van der Waals surface area contributed by atoms with Crippen LogP contribution in [-0.4, -0.2) is 32.4 Å². The summed E-state index contributed by atoms with van der Waals surface area (Å²) in [5.41, 5.74) is -2.08. The van der Waals surface area contributed by atoms with Crippen molar-refractivity contribution in [1.82, 2.24) is 5.32 Å². The van der Waals surface area contributed by atoms with Crippen LogP contribution in [0.4, 0.5) is 4.79 Å². The Morgan fingerprint density at radius 1 is 1.22 bits per heavy atom. The van der Waals surface area contributed by atoms with Crippen molar-refractivity contribution < 1.29 is 14.0 Å². The fourth-order valence-corrected chi connectivity index (χ4v) is 3.86. The van der Waals surface area contributed by atoms with Crippen LogP contribution in [0, 0.1) is 16.7 Å². The molecule has 0 aliphatic rings. The van der Waals surface area contributed by atoms with Crippen molar-refractivity contribution in [3.63, 3.8) is 0 Å². The topological polar surface area (TPSA) is 71.3 Å². The van der Waals surface area contributed by atoms with E-state index in [9.17, 15) is 10.1 Å². The van der Waals surface area contributed by atoms with Crippen molar-refractivity contribution >= 4 is 15.1 Å². The van der Waals surface area contributed by atoms with Crippen molar-refractivity contribution in [2.24, 2.45) is 5.41 Å². The predicted molar refractivity (Wildman–Crippen MR) is 95.8 cm³/mol. The molecule has 1 N–H and O–H groups in total. The molecule has 0 aliphatic carbocycles. The van der Waals surface area contributed by atoms with Gasteiger partial charge in [0.1, 0.15) is 5.60 Å². The molecule has 0 radical (unpaired) electrons. The van der Waals surface area contributed by atoms with E-state index in [1.807, 2.05) is 61.6 Å². The first-order valence-electron chi connectivity index (χ1n) is 8.37. The van der Waals surface area contributed by atoms with Crippen molar-refractivity contribution in [2.45, 2.75) is 91.6 Å². The third kappa shape index (κ3) is 6.52. The van der Waals surface area contributed by atoms with Crippen LogP contribution in [0.3, 0.4) is 0 Å². The molecule has 2 atom stereocenters. The third-order valence-corrected chi connectivity index (χ3v) is 4.30. The van der Waals surface area contributed by atoms with Crippen LogP contribution in [0.1, 0.15) is 61.3 Å². The summed E-state index contributed by atoms with van der Waals surface area (Å²) in [5, 5.41) is 12.9. The van der Waals surface area contributed by atoms with Crippen LogP contribution in [0.5, 0.6) is 0 Å². The highest BCUT2D eigenvalue weighted by atomic mass is 28.3. The normalized spacial score (nSPS) is 16.4. The van der Waals surface area contributed by atoms with Gasteiger partial charge in [-0.2, -0.15) is 5.26 Å². The zero-order valence-electron chi connectivity index (χ0n) is 16.2. The maximum Gasteiger partial charge on any atom is 0.408 e. The standard InChI is InChI=1S/C17H34N2O3Si/c1-10-11-13(19-14(20)21-16(5,6)7)17(12-18,15(2,3)4)22-23(8)9/h13,23H,10-11H2,1-9H3,(H,19,20)/t13-,17?/m0/s1. The highest BCUT2D eigenvalue weighted by Gasteiger charge is 2.51. The molecular formula is C17H34N2O3Si. The lowest BCUT2D eigenvalue weighted by atomic mass is 9.71. The zero-order chi connectivity index (χ0) is 18.5. The van der Waals surface area contributed by atoms with Gasteiger partial charge in [0, 0.05) is 5.41 Å². The van der Waals surface area contributed by atoms with E-state index < -0.39 is 37.8 Å². The van der Waals surface area contributed by atoms with E-state index in [-0.39, 0.29) is 0 Å². The Morgan fingerprint density at radius 3 is 2.04 bits per heavy atom. The molecular weight excluding hydrogens is 308 g/mol. The summed E-state index contributed by atoms with van der Waals surface area (Å²) < 4.78 is 11.6. The van der Waals surface area contributed by atoms with E-state index in [0.717, 1.165) is 6.42 Å². The molecule has 0 heterocycles. The van der Waals surface area contributed by atoms with Gasteiger partial charge in [-0.15, -0.1) is 0 Å². The quantitative estimate of drug-likeness (QED) is 0.741. The molecule has 0 aromatic carbocycles. The van der Waals surface area contributed by atoms with Crippen molar-refractivity contribution in [3.8, 4) is 6.07 Å². The number of ether oxygens (including phenoxy) is 1. The van der Waals surface area contributed by atoms with Gasteiger partial charge in [-0.25, -0.2) is 4.79 Å². The van der Waals surface area contributed by atoms with Crippen molar-refractivity contribution in [1.29, 1.82) is 5.26 Å². The molecule has 0 saturated heterocycles. The van der Waals surface area contributed by atoms with Gasteiger partial charge in [0.2, 0.25) is 0 Å². The number of nitriles is 1. The molecule has 5 nitrogen and oxygen atoms in total. The van der Waals surface area contributed by atoms with Gasteiger partial charge in [-0.05, 0) is 40.3 Å². The molecule has 0 rings (SSSR count). The number of amides is 1. The van der Waals surface area contributed by atoms with Gasteiger partial charge in [-0.1, -0.05) is 34.1 Å². The first kappa shape index (κ1) is 21.9. The number of nitrogens with one attached hydrogen (secondary N) is 1. The summed E-state index contributed by atoms with van der Waals surface area (Å²) in [6, 6.07) is 1.97. The van der Waals surface area contributed by atoms with Gasteiger partial charge in [0.25, 0.3) is 0 Å². The van der Waals surface area contributed by atoms with Gasteiger partial charge < -0.3 is 14.5 Å². The molecule has 6 heteroatoms. The first-order valence-corrected chi connectivity index (χ1v) is 11.2. The van der Waals surface area contributed by atoms with Crippen LogP contribution < -0.4 is 5.32 Å². The number of nitrogens with zero attached hydrogens (tertiary/aromatic N) is 1. The van der Waals surface area contributed by atoms with Crippen LogP contribution in [0.2, 0.25) is 13.1 Å². The van der Waals surface area contributed by atoms with Gasteiger partial charge in [0.15, 0.2) is 14.6 Å². The number of hydrogen-bond acceptors (Lipinski definition) is 4. The van der Waals surface area contributed by atoms with E-state index in [0.29, 0.717) is 6.42 Å². The minimum absolute atomic E-state index is 0.415. The summed E-state index contributed by atoms with van der Waals surface area (Å²) in [5.74, 6) is 0. The lowest BCUT2D eigenvalue weighted by Gasteiger charge is -2.46. The molecule has 0 aromatic rings. The Balaban J connectivity index is 5.63. The average molecular weight is 343 g/mol. The number of alkyl carbamates (subject to hydrolysis) is 1. The Hall–Kier alpha value is -1.06. The minimum Gasteiger partial charge on any atom is -0.444 e. The van der Waals surface area contributed by atoms with E-state index >= 15 is 0 Å². The Bertz CT molecular complexity index is 433. The lowest BCUT2D eigenvalue weighted by Crippen LogP contribution is -2.61. The maximum atomic E-state index is 12.2.